The summed E-state index contributed by atoms with van der Waals surface area (Å²) < 4.78 is 0. The largest absolute Gasteiger partial charge is 0.330 e. The zero-order chi connectivity index (χ0) is 14.2. The van der Waals surface area contributed by atoms with Gasteiger partial charge in [-0.2, -0.15) is 0 Å². The highest BCUT2D eigenvalue weighted by atomic mass is 16.2. The molecule has 116 valence electrons. The Hall–Kier alpha value is -0.810. The normalized spacial score (nSPS) is 21.2. The van der Waals surface area contributed by atoms with Crippen molar-refractivity contribution >= 4 is 6.03 Å². The van der Waals surface area contributed by atoms with Crippen LogP contribution in [0.3, 0.4) is 0 Å². The summed E-state index contributed by atoms with van der Waals surface area (Å²) in [7, 11) is 0. The molecule has 2 aliphatic rings. The van der Waals surface area contributed by atoms with Crippen LogP contribution < -0.4 is 5.73 Å². The average Bonchev–Trinajstić information content (AvgIpc) is 2.52. The molecule has 0 bridgehead atoms. The molecule has 2 rings (SSSR count). The zero-order valence-electron chi connectivity index (χ0n) is 12.7. The first-order chi connectivity index (χ1) is 9.81. The molecular formula is C15H30N4O. The molecule has 2 saturated heterocycles. The van der Waals surface area contributed by atoms with E-state index in [1.165, 1.54) is 32.1 Å². The molecule has 0 radical (unpaired) electrons. The Labute approximate surface area is 123 Å². The third-order valence-electron chi connectivity index (χ3n) is 4.45. The van der Waals surface area contributed by atoms with Gasteiger partial charge in [0.15, 0.2) is 0 Å². The molecule has 0 unspecified atom stereocenters. The van der Waals surface area contributed by atoms with E-state index in [1.807, 2.05) is 9.80 Å². The third kappa shape index (κ3) is 4.63. The van der Waals surface area contributed by atoms with Crippen LogP contribution in [-0.4, -0.2) is 73.1 Å². The summed E-state index contributed by atoms with van der Waals surface area (Å²) in [6.45, 7) is 7.73. The van der Waals surface area contributed by atoms with E-state index in [0.29, 0.717) is 0 Å². The molecule has 2 fully saturated rings. The minimum absolute atomic E-state index is 0.271. The van der Waals surface area contributed by atoms with Crippen molar-refractivity contribution in [3.8, 4) is 0 Å². The Balaban J connectivity index is 1.64. The van der Waals surface area contributed by atoms with Crippen LogP contribution >= 0.6 is 0 Å². The SMILES string of the molecule is NCCCCCN1CCN(C(=O)N2CCCCC2)CC1. The quantitative estimate of drug-likeness (QED) is 0.774. The first kappa shape index (κ1) is 15.6. The fourth-order valence-electron chi connectivity index (χ4n) is 3.10. The number of urea groups is 1. The number of piperazine rings is 1. The maximum atomic E-state index is 12.4. The number of unbranched alkanes of at least 4 members (excludes halogenated alkanes) is 2. The van der Waals surface area contributed by atoms with Crippen LogP contribution in [0.2, 0.25) is 0 Å². The van der Waals surface area contributed by atoms with E-state index in [9.17, 15) is 4.79 Å². The molecule has 0 saturated carbocycles. The summed E-state index contributed by atoms with van der Waals surface area (Å²) in [5.41, 5.74) is 5.51. The molecule has 5 nitrogen and oxygen atoms in total. The predicted molar refractivity (Wildman–Crippen MR) is 81.7 cm³/mol. The van der Waals surface area contributed by atoms with Gasteiger partial charge in [-0.25, -0.2) is 4.79 Å². The number of amides is 2. The summed E-state index contributed by atoms with van der Waals surface area (Å²) in [6, 6.07) is 0.271. The number of nitrogens with two attached hydrogens (primary N) is 1. The van der Waals surface area contributed by atoms with E-state index >= 15 is 0 Å². The lowest BCUT2D eigenvalue weighted by molar-refractivity contribution is 0.106. The maximum Gasteiger partial charge on any atom is 0.320 e. The zero-order valence-corrected chi connectivity index (χ0v) is 12.7. The molecule has 0 spiro atoms. The Kier molecular flexibility index (Phi) is 6.60. The number of hydrogen-bond acceptors (Lipinski definition) is 3. The summed E-state index contributed by atoms with van der Waals surface area (Å²) in [4.78, 5) is 18.9. The number of nitrogens with zero attached hydrogens (tertiary/aromatic N) is 3. The molecule has 0 aromatic carbocycles. The molecular weight excluding hydrogens is 252 g/mol. The van der Waals surface area contributed by atoms with Gasteiger partial charge in [0.25, 0.3) is 0 Å². The van der Waals surface area contributed by atoms with Gasteiger partial charge in [0.2, 0.25) is 0 Å². The first-order valence-electron chi connectivity index (χ1n) is 8.27. The van der Waals surface area contributed by atoms with E-state index in [0.717, 1.165) is 58.8 Å². The second-order valence-electron chi connectivity index (χ2n) is 6.01. The van der Waals surface area contributed by atoms with Crippen LogP contribution in [0.15, 0.2) is 0 Å². The van der Waals surface area contributed by atoms with Gasteiger partial charge in [-0.1, -0.05) is 6.42 Å². The highest BCUT2D eigenvalue weighted by molar-refractivity contribution is 5.74. The summed E-state index contributed by atoms with van der Waals surface area (Å²) >= 11 is 0. The molecule has 0 atom stereocenters. The molecule has 0 aromatic rings. The van der Waals surface area contributed by atoms with Crippen LogP contribution in [0, 0.1) is 0 Å². The van der Waals surface area contributed by atoms with Gasteiger partial charge in [0, 0.05) is 39.3 Å². The summed E-state index contributed by atoms with van der Waals surface area (Å²) in [6.07, 6.45) is 7.22. The lowest BCUT2D eigenvalue weighted by Crippen LogP contribution is -2.53. The number of rotatable bonds is 5. The average molecular weight is 282 g/mol. The Bertz CT molecular complexity index is 284. The number of carbonyl (C=O) groups excluding carboxylic acids is 1. The molecule has 0 aromatic heterocycles. The number of likely N-dealkylation sites (tertiary alicyclic amines) is 1. The number of piperidine rings is 1. The van der Waals surface area contributed by atoms with E-state index in [1.54, 1.807) is 0 Å². The molecule has 0 aliphatic carbocycles. The highest BCUT2D eigenvalue weighted by Gasteiger charge is 2.25. The molecule has 2 amide bonds. The van der Waals surface area contributed by atoms with E-state index in [2.05, 4.69) is 4.90 Å². The van der Waals surface area contributed by atoms with Crippen LogP contribution in [0.4, 0.5) is 4.79 Å². The number of carbonyl (C=O) groups is 1. The van der Waals surface area contributed by atoms with Crippen molar-refractivity contribution < 1.29 is 4.79 Å². The fourth-order valence-corrected chi connectivity index (χ4v) is 3.10. The van der Waals surface area contributed by atoms with Crippen molar-refractivity contribution in [2.75, 3.05) is 52.4 Å². The van der Waals surface area contributed by atoms with Gasteiger partial charge in [0.05, 0.1) is 0 Å². The van der Waals surface area contributed by atoms with Crippen molar-refractivity contribution in [3.05, 3.63) is 0 Å². The maximum absolute atomic E-state index is 12.4. The minimum atomic E-state index is 0.271. The summed E-state index contributed by atoms with van der Waals surface area (Å²) in [5.74, 6) is 0. The lowest BCUT2D eigenvalue weighted by atomic mass is 10.1. The second-order valence-corrected chi connectivity index (χ2v) is 6.01. The van der Waals surface area contributed by atoms with E-state index in [-0.39, 0.29) is 6.03 Å². The Morgan fingerprint density at radius 2 is 1.45 bits per heavy atom. The highest BCUT2D eigenvalue weighted by Crippen LogP contribution is 2.13. The van der Waals surface area contributed by atoms with Gasteiger partial charge < -0.3 is 15.5 Å². The Morgan fingerprint density at radius 1 is 0.800 bits per heavy atom. The van der Waals surface area contributed by atoms with Crippen LogP contribution in [0.1, 0.15) is 38.5 Å². The topological polar surface area (TPSA) is 52.8 Å². The van der Waals surface area contributed by atoms with Crippen molar-refractivity contribution in [1.82, 2.24) is 14.7 Å². The van der Waals surface area contributed by atoms with Gasteiger partial charge in [-0.05, 0) is 45.2 Å². The molecule has 20 heavy (non-hydrogen) atoms. The van der Waals surface area contributed by atoms with E-state index in [4.69, 9.17) is 5.73 Å². The van der Waals surface area contributed by atoms with E-state index < -0.39 is 0 Å². The molecule has 2 N–H and O–H groups in total. The summed E-state index contributed by atoms with van der Waals surface area (Å²) in [5, 5.41) is 0. The molecule has 5 heteroatoms. The van der Waals surface area contributed by atoms with Crippen LogP contribution in [0.5, 0.6) is 0 Å². The lowest BCUT2D eigenvalue weighted by Gasteiger charge is -2.38. The van der Waals surface area contributed by atoms with Gasteiger partial charge >= 0.3 is 6.03 Å². The predicted octanol–water partition coefficient (Wildman–Crippen LogP) is 1.34. The van der Waals surface area contributed by atoms with Crippen LogP contribution in [0.25, 0.3) is 0 Å². The van der Waals surface area contributed by atoms with Crippen molar-refractivity contribution in [2.45, 2.75) is 38.5 Å². The minimum Gasteiger partial charge on any atom is -0.330 e. The monoisotopic (exact) mass is 282 g/mol. The van der Waals surface area contributed by atoms with Gasteiger partial charge in [-0.3, -0.25) is 4.90 Å². The van der Waals surface area contributed by atoms with Crippen molar-refractivity contribution in [2.24, 2.45) is 5.73 Å². The van der Waals surface area contributed by atoms with Crippen molar-refractivity contribution in [3.63, 3.8) is 0 Å². The van der Waals surface area contributed by atoms with Crippen LogP contribution in [-0.2, 0) is 0 Å². The first-order valence-corrected chi connectivity index (χ1v) is 8.27. The van der Waals surface area contributed by atoms with Gasteiger partial charge in [-0.15, -0.1) is 0 Å². The number of hydrogen-bond donors (Lipinski definition) is 1. The van der Waals surface area contributed by atoms with Gasteiger partial charge in [0.1, 0.15) is 0 Å². The Morgan fingerprint density at radius 3 is 2.10 bits per heavy atom. The fraction of sp³-hybridized carbons (Fsp3) is 0.933. The van der Waals surface area contributed by atoms with Crippen molar-refractivity contribution in [1.29, 1.82) is 0 Å². The second kappa shape index (κ2) is 8.47. The third-order valence-corrected chi connectivity index (χ3v) is 4.45. The smallest absolute Gasteiger partial charge is 0.320 e. The standard InChI is InChI=1S/C15H30N4O/c16-7-3-1-4-8-17-11-13-19(14-12-17)15(20)18-9-5-2-6-10-18/h1-14,16H2. The molecule has 2 heterocycles. The molecule has 2 aliphatic heterocycles.